The van der Waals surface area contributed by atoms with Crippen LogP contribution in [0, 0.1) is 11.3 Å². The Morgan fingerprint density at radius 2 is 1.90 bits per heavy atom. The third kappa shape index (κ3) is 5.28. The summed E-state index contributed by atoms with van der Waals surface area (Å²) in [4.78, 5) is 24.6. The topological polar surface area (TPSA) is 130 Å². The van der Waals surface area contributed by atoms with Gasteiger partial charge in [-0.2, -0.15) is 5.26 Å². The number of nitriles is 1. The molecule has 0 saturated heterocycles. The van der Waals surface area contributed by atoms with Gasteiger partial charge in [-0.25, -0.2) is 4.79 Å². The first-order valence-electron chi connectivity index (χ1n) is 9.76. The zero-order valence-corrected chi connectivity index (χ0v) is 18.0. The summed E-state index contributed by atoms with van der Waals surface area (Å²) >= 11 is 0. The van der Waals surface area contributed by atoms with E-state index in [0.717, 1.165) is 6.42 Å². The molecule has 2 N–H and O–H groups in total. The number of benzene rings is 1. The number of hydrogen-bond donors (Lipinski definition) is 1. The molecule has 0 radical (unpaired) electrons. The lowest BCUT2D eigenvalue weighted by molar-refractivity contribution is -0.140. The number of rotatable bonds is 9. The molecule has 9 heteroatoms. The van der Waals surface area contributed by atoms with Crippen molar-refractivity contribution < 1.29 is 33.3 Å². The number of carbonyl (C=O) groups excluding carboxylic acids is 2. The molecule has 1 unspecified atom stereocenters. The van der Waals surface area contributed by atoms with E-state index in [9.17, 15) is 14.9 Å². The fourth-order valence-corrected chi connectivity index (χ4v) is 3.12. The second-order valence-electron chi connectivity index (χ2n) is 6.49. The van der Waals surface area contributed by atoms with Crippen molar-refractivity contribution in [3.8, 4) is 17.6 Å². The van der Waals surface area contributed by atoms with Gasteiger partial charge in [-0.3, -0.25) is 4.79 Å². The molecule has 0 spiro atoms. The number of methoxy groups -OCH3 is 2. The number of hydrogen-bond acceptors (Lipinski definition) is 9. The molecule has 1 aromatic rings. The van der Waals surface area contributed by atoms with Gasteiger partial charge in [0.05, 0.1) is 38.9 Å². The summed E-state index contributed by atoms with van der Waals surface area (Å²) in [6.45, 7) is 4.71. The second-order valence-corrected chi connectivity index (χ2v) is 6.49. The Bertz CT molecular complexity index is 944. The van der Waals surface area contributed by atoms with Gasteiger partial charge in [-0.1, -0.05) is 13.0 Å². The van der Waals surface area contributed by atoms with Crippen LogP contribution in [-0.2, 0) is 23.8 Å². The van der Waals surface area contributed by atoms with E-state index in [0.29, 0.717) is 30.3 Å². The number of nitrogens with zero attached hydrogens (tertiary/aromatic N) is 1. The van der Waals surface area contributed by atoms with Gasteiger partial charge in [0.25, 0.3) is 0 Å². The van der Waals surface area contributed by atoms with Crippen molar-refractivity contribution in [3.63, 3.8) is 0 Å². The lowest BCUT2D eigenvalue weighted by atomic mass is 9.82. The lowest BCUT2D eigenvalue weighted by Gasteiger charge is -2.28. The molecule has 1 aliphatic heterocycles. The van der Waals surface area contributed by atoms with Gasteiger partial charge >= 0.3 is 11.9 Å². The van der Waals surface area contributed by atoms with Crippen molar-refractivity contribution in [1.29, 1.82) is 5.26 Å². The molecule has 31 heavy (non-hydrogen) atoms. The molecule has 166 valence electrons. The van der Waals surface area contributed by atoms with Gasteiger partial charge in [0.2, 0.25) is 5.88 Å². The Hall–Kier alpha value is -3.67. The predicted octanol–water partition coefficient (Wildman–Crippen LogP) is 2.67. The van der Waals surface area contributed by atoms with Crippen molar-refractivity contribution in [2.45, 2.75) is 32.6 Å². The number of esters is 2. The summed E-state index contributed by atoms with van der Waals surface area (Å²) < 4.78 is 26.5. The van der Waals surface area contributed by atoms with E-state index in [1.165, 1.54) is 14.2 Å². The molecule has 1 heterocycles. The predicted molar refractivity (Wildman–Crippen MR) is 110 cm³/mol. The van der Waals surface area contributed by atoms with E-state index >= 15 is 0 Å². The highest BCUT2D eigenvalue weighted by molar-refractivity contribution is 5.93. The molecule has 1 atom stereocenters. The molecule has 9 nitrogen and oxygen atoms in total. The SMILES string of the molecule is CCCOc1ccc(C2C(C#N)=C(N)OC(CC(=O)OC)=C2C(=O)OC)cc1OCC. The molecule has 0 bridgehead atoms. The number of allylic oxidation sites excluding steroid dienone is 1. The minimum atomic E-state index is -0.926. The minimum absolute atomic E-state index is 0.0108. The fraction of sp³-hybridized carbons (Fsp3) is 0.409. The van der Waals surface area contributed by atoms with E-state index in [-0.39, 0.29) is 29.2 Å². The molecule has 0 saturated carbocycles. The average molecular weight is 430 g/mol. The zero-order valence-electron chi connectivity index (χ0n) is 18.0. The summed E-state index contributed by atoms with van der Waals surface area (Å²) in [5.74, 6) is -1.57. The molecular weight excluding hydrogens is 404 g/mol. The molecular formula is C22H26N2O7. The van der Waals surface area contributed by atoms with Gasteiger partial charge in [0.1, 0.15) is 23.8 Å². The molecule has 1 aliphatic rings. The van der Waals surface area contributed by atoms with Gasteiger partial charge in [-0.15, -0.1) is 0 Å². The van der Waals surface area contributed by atoms with Crippen LogP contribution >= 0.6 is 0 Å². The maximum Gasteiger partial charge on any atom is 0.338 e. The van der Waals surface area contributed by atoms with Crippen LogP contribution in [0.25, 0.3) is 0 Å². The van der Waals surface area contributed by atoms with Crippen molar-refractivity contribution in [2.75, 3.05) is 27.4 Å². The van der Waals surface area contributed by atoms with Gasteiger partial charge < -0.3 is 29.4 Å². The first kappa shape index (κ1) is 23.6. The van der Waals surface area contributed by atoms with E-state index < -0.39 is 17.9 Å². The highest BCUT2D eigenvalue weighted by Gasteiger charge is 2.38. The molecule has 2 rings (SSSR count). The van der Waals surface area contributed by atoms with Crippen molar-refractivity contribution in [3.05, 3.63) is 46.6 Å². The highest BCUT2D eigenvalue weighted by atomic mass is 16.5. The van der Waals surface area contributed by atoms with Crippen molar-refractivity contribution in [1.82, 2.24) is 0 Å². The number of ether oxygens (including phenoxy) is 5. The molecule has 0 aromatic heterocycles. The fourth-order valence-electron chi connectivity index (χ4n) is 3.12. The maximum absolute atomic E-state index is 12.7. The normalized spacial score (nSPS) is 15.6. The van der Waals surface area contributed by atoms with E-state index in [2.05, 4.69) is 4.74 Å². The highest BCUT2D eigenvalue weighted by Crippen LogP contribution is 2.43. The Morgan fingerprint density at radius 3 is 2.48 bits per heavy atom. The summed E-state index contributed by atoms with van der Waals surface area (Å²) in [5, 5.41) is 9.73. The zero-order chi connectivity index (χ0) is 23.0. The standard InChI is InChI=1S/C22H26N2O7/c1-5-9-30-15-8-7-13(10-16(15)29-6-2)19-14(12-23)21(24)31-17(11-18(25)27-3)20(19)22(26)28-4/h7-8,10,19H,5-6,9,11,24H2,1-4H3. The monoisotopic (exact) mass is 430 g/mol. The van der Waals surface area contributed by atoms with E-state index in [1.807, 2.05) is 19.9 Å². The van der Waals surface area contributed by atoms with Crippen LogP contribution in [0.1, 0.15) is 38.2 Å². The molecule has 0 aliphatic carbocycles. The smallest absolute Gasteiger partial charge is 0.338 e. The third-order valence-electron chi connectivity index (χ3n) is 4.50. The van der Waals surface area contributed by atoms with Gasteiger partial charge in [0, 0.05) is 0 Å². The molecule has 1 aromatic carbocycles. The average Bonchev–Trinajstić information content (AvgIpc) is 2.77. The maximum atomic E-state index is 12.7. The van der Waals surface area contributed by atoms with Gasteiger partial charge in [0.15, 0.2) is 11.5 Å². The third-order valence-corrected chi connectivity index (χ3v) is 4.50. The van der Waals surface area contributed by atoms with Crippen LogP contribution in [0.15, 0.2) is 41.0 Å². The van der Waals surface area contributed by atoms with Crippen LogP contribution in [0.2, 0.25) is 0 Å². The summed E-state index contributed by atoms with van der Waals surface area (Å²) in [5.41, 5.74) is 6.49. The van der Waals surface area contributed by atoms with Crippen LogP contribution in [0.3, 0.4) is 0 Å². The van der Waals surface area contributed by atoms with Crippen LogP contribution in [0.4, 0.5) is 0 Å². The Kier molecular flexibility index (Phi) is 8.32. The summed E-state index contributed by atoms with van der Waals surface area (Å²) in [7, 11) is 2.41. The Labute approximate surface area is 181 Å². The molecule has 0 amide bonds. The van der Waals surface area contributed by atoms with E-state index in [1.54, 1.807) is 18.2 Å². The van der Waals surface area contributed by atoms with Crippen LogP contribution in [0.5, 0.6) is 11.5 Å². The van der Waals surface area contributed by atoms with E-state index in [4.69, 9.17) is 24.7 Å². The summed E-state index contributed by atoms with van der Waals surface area (Å²) in [6, 6.07) is 7.07. The quantitative estimate of drug-likeness (QED) is 0.588. The number of carbonyl (C=O) groups is 2. The first-order chi connectivity index (χ1) is 14.9. The minimum Gasteiger partial charge on any atom is -0.490 e. The van der Waals surface area contributed by atoms with Crippen molar-refractivity contribution >= 4 is 11.9 Å². The Morgan fingerprint density at radius 1 is 1.16 bits per heavy atom. The van der Waals surface area contributed by atoms with Crippen LogP contribution in [-0.4, -0.2) is 39.4 Å². The largest absolute Gasteiger partial charge is 0.490 e. The lowest BCUT2D eigenvalue weighted by Crippen LogP contribution is -2.27. The second kappa shape index (κ2) is 10.9. The van der Waals surface area contributed by atoms with Crippen LogP contribution < -0.4 is 15.2 Å². The first-order valence-corrected chi connectivity index (χ1v) is 9.76. The number of nitrogens with two attached hydrogens (primary N) is 1. The van der Waals surface area contributed by atoms with Crippen molar-refractivity contribution in [2.24, 2.45) is 5.73 Å². The summed E-state index contributed by atoms with van der Waals surface area (Å²) in [6.07, 6.45) is 0.462. The molecule has 0 fully saturated rings. The van der Waals surface area contributed by atoms with Gasteiger partial charge in [-0.05, 0) is 31.0 Å². The Balaban J connectivity index is 2.67.